The van der Waals surface area contributed by atoms with Gasteiger partial charge < -0.3 is 4.74 Å². The Bertz CT molecular complexity index is 647. The Kier molecular flexibility index (Phi) is 3.50. The number of aromatic amines is 1. The molecule has 3 rings (SSSR count). The Balaban J connectivity index is 1.70. The molecule has 0 spiro atoms. The SMILES string of the molecule is CC1CC=CCC1COC(=O)c1ccnc2[nH]ncc12. The number of nitrogens with zero attached hydrogens (tertiary/aromatic N) is 2. The van der Waals surface area contributed by atoms with Crippen molar-refractivity contribution in [2.45, 2.75) is 19.8 Å². The molecule has 2 heterocycles. The fourth-order valence-electron chi connectivity index (χ4n) is 2.53. The summed E-state index contributed by atoms with van der Waals surface area (Å²) < 4.78 is 5.47. The lowest BCUT2D eigenvalue weighted by Crippen LogP contribution is -2.21. The largest absolute Gasteiger partial charge is 0.462 e. The second-order valence-electron chi connectivity index (χ2n) is 5.27. The van der Waals surface area contributed by atoms with Crippen LogP contribution in [0.5, 0.6) is 0 Å². The number of nitrogens with one attached hydrogen (secondary N) is 1. The van der Waals surface area contributed by atoms with Crippen LogP contribution in [-0.2, 0) is 4.74 Å². The third-order valence-corrected chi connectivity index (χ3v) is 3.92. The van der Waals surface area contributed by atoms with Crippen LogP contribution >= 0.6 is 0 Å². The van der Waals surface area contributed by atoms with Crippen molar-refractivity contribution in [3.8, 4) is 0 Å². The zero-order valence-electron chi connectivity index (χ0n) is 11.4. The molecule has 2 aromatic heterocycles. The summed E-state index contributed by atoms with van der Waals surface area (Å²) in [6.45, 7) is 2.66. The molecule has 0 saturated carbocycles. The second-order valence-corrected chi connectivity index (χ2v) is 5.27. The molecule has 0 aromatic carbocycles. The maximum atomic E-state index is 12.2. The Labute approximate surface area is 117 Å². The molecule has 0 fully saturated rings. The zero-order valence-corrected chi connectivity index (χ0v) is 11.4. The summed E-state index contributed by atoms with van der Waals surface area (Å²) in [6, 6.07) is 1.67. The number of aromatic nitrogens is 3. The van der Waals surface area contributed by atoms with E-state index in [4.69, 9.17) is 4.74 Å². The molecule has 104 valence electrons. The van der Waals surface area contributed by atoms with Crippen molar-refractivity contribution in [1.82, 2.24) is 15.2 Å². The predicted octanol–water partition coefficient (Wildman–Crippen LogP) is 2.72. The van der Waals surface area contributed by atoms with Crippen molar-refractivity contribution >= 4 is 17.0 Å². The average molecular weight is 271 g/mol. The molecule has 2 unspecified atom stereocenters. The zero-order chi connectivity index (χ0) is 13.9. The minimum absolute atomic E-state index is 0.305. The fourth-order valence-corrected chi connectivity index (χ4v) is 2.53. The monoisotopic (exact) mass is 271 g/mol. The highest BCUT2D eigenvalue weighted by Crippen LogP contribution is 2.25. The molecule has 2 aromatic rings. The molecule has 1 N–H and O–H groups in total. The van der Waals surface area contributed by atoms with Gasteiger partial charge in [0.2, 0.25) is 0 Å². The first kappa shape index (κ1) is 12.8. The third-order valence-electron chi connectivity index (χ3n) is 3.92. The first-order chi connectivity index (χ1) is 9.75. The van der Waals surface area contributed by atoms with Gasteiger partial charge in [0.05, 0.1) is 23.8 Å². The standard InChI is InChI=1S/C15H17N3O2/c1-10-4-2-3-5-11(10)9-20-15(19)12-6-7-16-14-13(12)8-17-18-14/h2-3,6-8,10-11H,4-5,9H2,1H3,(H,16,17,18). The topological polar surface area (TPSA) is 67.9 Å². The molecule has 5 nitrogen and oxygen atoms in total. The highest BCUT2D eigenvalue weighted by molar-refractivity contribution is 6.02. The number of fused-ring (bicyclic) bond motifs is 1. The van der Waals surface area contributed by atoms with Gasteiger partial charge in [-0.05, 0) is 30.7 Å². The van der Waals surface area contributed by atoms with Gasteiger partial charge in [-0.1, -0.05) is 19.1 Å². The first-order valence-electron chi connectivity index (χ1n) is 6.86. The summed E-state index contributed by atoms with van der Waals surface area (Å²) in [6.07, 6.45) is 9.59. The van der Waals surface area contributed by atoms with Crippen LogP contribution in [0.25, 0.3) is 11.0 Å². The summed E-state index contributed by atoms with van der Waals surface area (Å²) >= 11 is 0. The van der Waals surface area contributed by atoms with E-state index in [9.17, 15) is 4.79 Å². The number of esters is 1. The maximum Gasteiger partial charge on any atom is 0.339 e. The number of hydrogen-bond donors (Lipinski definition) is 1. The molecule has 5 heteroatoms. The number of H-pyrrole nitrogens is 1. The molecule has 1 aliphatic carbocycles. The van der Waals surface area contributed by atoms with Crippen molar-refractivity contribution in [2.24, 2.45) is 11.8 Å². The van der Waals surface area contributed by atoms with Gasteiger partial charge in [0, 0.05) is 6.20 Å². The molecule has 0 radical (unpaired) electrons. The van der Waals surface area contributed by atoms with Crippen LogP contribution in [-0.4, -0.2) is 27.8 Å². The Morgan fingerprint density at radius 3 is 3.15 bits per heavy atom. The number of hydrogen-bond acceptors (Lipinski definition) is 4. The molecular formula is C15H17N3O2. The van der Waals surface area contributed by atoms with Crippen LogP contribution in [0.1, 0.15) is 30.1 Å². The van der Waals surface area contributed by atoms with E-state index in [1.807, 2.05) is 0 Å². The van der Waals surface area contributed by atoms with E-state index in [1.54, 1.807) is 18.5 Å². The Morgan fingerprint density at radius 1 is 1.45 bits per heavy atom. The summed E-state index contributed by atoms with van der Waals surface area (Å²) in [7, 11) is 0. The highest BCUT2D eigenvalue weighted by Gasteiger charge is 2.21. The molecule has 20 heavy (non-hydrogen) atoms. The highest BCUT2D eigenvalue weighted by atomic mass is 16.5. The minimum Gasteiger partial charge on any atom is -0.462 e. The normalized spacial score (nSPS) is 22.1. The van der Waals surface area contributed by atoms with E-state index in [2.05, 4.69) is 34.3 Å². The van der Waals surface area contributed by atoms with Crippen molar-refractivity contribution in [3.63, 3.8) is 0 Å². The van der Waals surface area contributed by atoms with Crippen molar-refractivity contribution < 1.29 is 9.53 Å². The molecule has 0 saturated heterocycles. The number of carbonyl (C=O) groups excluding carboxylic acids is 1. The summed E-state index contributed by atoms with van der Waals surface area (Å²) in [4.78, 5) is 16.3. The van der Waals surface area contributed by atoms with Gasteiger partial charge >= 0.3 is 5.97 Å². The summed E-state index contributed by atoms with van der Waals surface area (Å²) in [5.41, 5.74) is 1.12. The van der Waals surface area contributed by atoms with Crippen molar-refractivity contribution in [3.05, 3.63) is 36.2 Å². The number of allylic oxidation sites excluding steroid dienone is 2. The van der Waals surface area contributed by atoms with Crippen LogP contribution in [0.2, 0.25) is 0 Å². The lowest BCUT2D eigenvalue weighted by atomic mass is 9.85. The van der Waals surface area contributed by atoms with Gasteiger partial charge in [0.15, 0.2) is 5.65 Å². The van der Waals surface area contributed by atoms with E-state index in [-0.39, 0.29) is 5.97 Å². The molecular weight excluding hydrogens is 254 g/mol. The molecule has 1 aliphatic rings. The van der Waals surface area contributed by atoms with Gasteiger partial charge in [-0.2, -0.15) is 5.10 Å². The van der Waals surface area contributed by atoms with Crippen LogP contribution in [0.4, 0.5) is 0 Å². The van der Waals surface area contributed by atoms with E-state index < -0.39 is 0 Å². The lowest BCUT2D eigenvalue weighted by molar-refractivity contribution is 0.0397. The number of rotatable bonds is 3. The number of pyridine rings is 1. The quantitative estimate of drug-likeness (QED) is 0.688. The van der Waals surface area contributed by atoms with Crippen molar-refractivity contribution in [1.29, 1.82) is 0 Å². The van der Waals surface area contributed by atoms with Crippen LogP contribution in [0, 0.1) is 11.8 Å². The third kappa shape index (κ3) is 2.43. The van der Waals surface area contributed by atoms with Gasteiger partial charge in [0.1, 0.15) is 0 Å². The van der Waals surface area contributed by atoms with Gasteiger partial charge in [0.25, 0.3) is 0 Å². The molecule has 0 bridgehead atoms. The molecule has 2 atom stereocenters. The number of carbonyl (C=O) groups is 1. The average Bonchev–Trinajstić information content (AvgIpc) is 2.94. The smallest absolute Gasteiger partial charge is 0.339 e. The van der Waals surface area contributed by atoms with Gasteiger partial charge in [-0.15, -0.1) is 0 Å². The van der Waals surface area contributed by atoms with Crippen LogP contribution in [0.15, 0.2) is 30.6 Å². The van der Waals surface area contributed by atoms with Gasteiger partial charge in [-0.3, -0.25) is 5.10 Å². The maximum absolute atomic E-state index is 12.2. The van der Waals surface area contributed by atoms with Crippen LogP contribution < -0.4 is 0 Å². The lowest BCUT2D eigenvalue weighted by Gasteiger charge is -2.24. The van der Waals surface area contributed by atoms with E-state index >= 15 is 0 Å². The summed E-state index contributed by atoms with van der Waals surface area (Å²) in [5, 5.41) is 7.35. The Hall–Kier alpha value is -2.17. The van der Waals surface area contributed by atoms with E-state index in [0.717, 1.165) is 12.8 Å². The van der Waals surface area contributed by atoms with Crippen LogP contribution in [0.3, 0.4) is 0 Å². The molecule has 0 aliphatic heterocycles. The predicted molar refractivity (Wildman–Crippen MR) is 75.2 cm³/mol. The fraction of sp³-hybridized carbons (Fsp3) is 0.400. The second kappa shape index (κ2) is 5.45. The van der Waals surface area contributed by atoms with Gasteiger partial charge in [-0.25, -0.2) is 9.78 Å². The van der Waals surface area contributed by atoms with E-state index in [0.29, 0.717) is 35.0 Å². The molecule has 0 amide bonds. The van der Waals surface area contributed by atoms with E-state index in [1.165, 1.54) is 0 Å². The Morgan fingerprint density at radius 2 is 2.30 bits per heavy atom. The first-order valence-corrected chi connectivity index (χ1v) is 6.86. The summed E-state index contributed by atoms with van der Waals surface area (Å²) in [5.74, 6) is 0.658. The van der Waals surface area contributed by atoms with Crippen molar-refractivity contribution in [2.75, 3.05) is 6.61 Å². The minimum atomic E-state index is -0.305. The number of ether oxygens (including phenoxy) is 1.